The minimum absolute atomic E-state index is 0.168. The van der Waals surface area contributed by atoms with Crippen LogP contribution in [0, 0.1) is 5.92 Å². The van der Waals surface area contributed by atoms with Crippen molar-refractivity contribution in [3.05, 3.63) is 58.6 Å². The number of piperidine rings is 1. The van der Waals surface area contributed by atoms with Crippen molar-refractivity contribution < 1.29 is 0 Å². The fourth-order valence-corrected chi connectivity index (χ4v) is 4.63. The molecule has 2 aromatic heterocycles. The Morgan fingerprint density at radius 1 is 1.08 bits per heavy atom. The van der Waals surface area contributed by atoms with Crippen LogP contribution in [0.4, 0.5) is 0 Å². The van der Waals surface area contributed by atoms with Gasteiger partial charge in [0.05, 0.1) is 0 Å². The van der Waals surface area contributed by atoms with Gasteiger partial charge in [-0.1, -0.05) is 6.07 Å². The minimum Gasteiger partial charge on any atom is -0.361 e. The van der Waals surface area contributed by atoms with E-state index in [1.165, 1.54) is 12.1 Å². The van der Waals surface area contributed by atoms with Crippen molar-refractivity contribution in [2.75, 3.05) is 20.1 Å². The Labute approximate surface area is 140 Å². The summed E-state index contributed by atoms with van der Waals surface area (Å²) in [6.45, 7) is 3.02. The molecule has 2 bridgehead atoms. The van der Waals surface area contributed by atoms with Gasteiger partial charge in [0, 0.05) is 48.5 Å². The van der Waals surface area contributed by atoms with E-state index in [0.29, 0.717) is 11.8 Å². The SMILES string of the molecule is CN1CC2CC(C1)c1ccc(-c3ccc4[nH]ccc4c3)c(=O)n1C2. The zero-order chi connectivity index (χ0) is 16.3. The van der Waals surface area contributed by atoms with Gasteiger partial charge in [-0.05, 0) is 60.7 Å². The Morgan fingerprint density at radius 2 is 2.00 bits per heavy atom. The van der Waals surface area contributed by atoms with Crippen LogP contribution in [0.3, 0.4) is 0 Å². The first-order valence-corrected chi connectivity index (χ1v) is 8.69. The van der Waals surface area contributed by atoms with Gasteiger partial charge in [0.15, 0.2) is 0 Å². The molecular weight excluding hydrogens is 298 g/mol. The zero-order valence-corrected chi connectivity index (χ0v) is 13.8. The van der Waals surface area contributed by atoms with Crippen LogP contribution in [0.1, 0.15) is 18.0 Å². The Bertz CT molecular complexity index is 984. The molecule has 2 aliphatic heterocycles. The number of hydrogen-bond acceptors (Lipinski definition) is 2. The first-order chi connectivity index (χ1) is 11.7. The molecule has 4 heterocycles. The molecule has 4 heteroatoms. The van der Waals surface area contributed by atoms with Crippen LogP contribution >= 0.6 is 0 Å². The lowest BCUT2D eigenvalue weighted by Crippen LogP contribution is -2.45. The van der Waals surface area contributed by atoms with Crippen LogP contribution in [0.15, 0.2) is 47.4 Å². The summed E-state index contributed by atoms with van der Waals surface area (Å²) in [6.07, 6.45) is 3.16. The summed E-state index contributed by atoms with van der Waals surface area (Å²) in [5, 5.41) is 1.15. The highest BCUT2D eigenvalue weighted by Crippen LogP contribution is 2.35. The normalized spacial score (nSPS) is 23.4. The quantitative estimate of drug-likeness (QED) is 0.749. The average Bonchev–Trinajstić information content (AvgIpc) is 3.03. The summed E-state index contributed by atoms with van der Waals surface area (Å²) >= 11 is 0. The lowest BCUT2D eigenvalue weighted by molar-refractivity contribution is 0.145. The third-order valence-corrected chi connectivity index (χ3v) is 5.65. The molecule has 4 nitrogen and oxygen atoms in total. The molecule has 5 rings (SSSR count). The second-order valence-corrected chi connectivity index (χ2v) is 7.39. The molecule has 3 aromatic rings. The Balaban J connectivity index is 1.64. The smallest absolute Gasteiger partial charge is 0.258 e. The van der Waals surface area contributed by atoms with E-state index in [9.17, 15) is 4.79 Å². The van der Waals surface area contributed by atoms with E-state index in [4.69, 9.17) is 0 Å². The highest BCUT2D eigenvalue weighted by molar-refractivity contribution is 5.84. The maximum absolute atomic E-state index is 13.1. The van der Waals surface area contributed by atoms with Crippen LogP contribution in [0.2, 0.25) is 0 Å². The summed E-state index contributed by atoms with van der Waals surface area (Å²) in [5.74, 6) is 1.10. The average molecular weight is 319 g/mol. The van der Waals surface area contributed by atoms with Crippen molar-refractivity contribution in [1.82, 2.24) is 14.5 Å². The van der Waals surface area contributed by atoms with Gasteiger partial charge in [-0.25, -0.2) is 0 Å². The second-order valence-electron chi connectivity index (χ2n) is 7.39. The first-order valence-electron chi connectivity index (χ1n) is 8.69. The van der Waals surface area contributed by atoms with Crippen molar-refractivity contribution in [2.45, 2.75) is 18.9 Å². The number of fused-ring (bicyclic) bond motifs is 5. The molecule has 2 unspecified atom stereocenters. The molecule has 0 radical (unpaired) electrons. The summed E-state index contributed by atoms with van der Waals surface area (Å²) in [6, 6.07) is 12.5. The van der Waals surface area contributed by atoms with Crippen LogP contribution in [-0.4, -0.2) is 34.6 Å². The third-order valence-electron chi connectivity index (χ3n) is 5.65. The number of hydrogen-bond donors (Lipinski definition) is 1. The number of aromatic nitrogens is 2. The van der Waals surface area contributed by atoms with E-state index in [-0.39, 0.29) is 5.56 Å². The monoisotopic (exact) mass is 319 g/mol. The highest BCUT2D eigenvalue weighted by atomic mass is 16.1. The number of nitrogens with zero attached hydrogens (tertiary/aromatic N) is 2. The zero-order valence-electron chi connectivity index (χ0n) is 13.8. The van der Waals surface area contributed by atoms with Gasteiger partial charge >= 0.3 is 0 Å². The lowest BCUT2D eigenvalue weighted by Gasteiger charge is -2.41. The van der Waals surface area contributed by atoms with Gasteiger partial charge in [0.25, 0.3) is 5.56 Å². The summed E-state index contributed by atoms with van der Waals surface area (Å²) in [7, 11) is 2.19. The molecule has 1 fully saturated rings. The molecular formula is C20H21N3O. The van der Waals surface area contributed by atoms with Gasteiger partial charge in [-0.15, -0.1) is 0 Å². The largest absolute Gasteiger partial charge is 0.361 e. The van der Waals surface area contributed by atoms with Crippen molar-refractivity contribution in [1.29, 1.82) is 0 Å². The Morgan fingerprint density at radius 3 is 2.92 bits per heavy atom. The van der Waals surface area contributed by atoms with Crippen molar-refractivity contribution in [2.24, 2.45) is 5.92 Å². The standard InChI is InChI=1S/C20H21N3O/c1-22-10-13-8-16(12-22)19-5-3-17(20(24)23(19)11-13)14-2-4-18-15(9-14)6-7-21-18/h2-7,9,13,16,21H,8,10-12H2,1H3. The van der Waals surface area contributed by atoms with E-state index >= 15 is 0 Å². The third kappa shape index (κ3) is 2.06. The molecule has 0 aliphatic carbocycles. The molecule has 24 heavy (non-hydrogen) atoms. The van der Waals surface area contributed by atoms with Gasteiger partial charge in [0.2, 0.25) is 0 Å². The second kappa shape index (κ2) is 5.08. The Hall–Kier alpha value is -2.33. The van der Waals surface area contributed by atoms with Crippen LogP contribution in [0.5, 0.6) is 0 Å². The molecule has 1 aromatic carbocycles. The molecule has 1 saturated heterocycles. The van der Waals surface area contributed by atoms with E-state index < -0.39 is 0 Å². The maximum atomic E-state index is 13.1. The Kier molecular flexibility index (Phi) is 2.98. The van der Waals surface area contributed by atoms with E-state index in [1.54, 1.807) is 0 Å². The van der Waals surface area contributed by atoms with Crippen LogP contribution in [-0.2, 0) is 6.54 Å². The molecule has 2 aliphatic rings. The number of H-pyrrole nitrogens is 1. The number of benzene rings is 1. The number of rotatable bonds is 1. The maximum Gasteiger partial charge on any atom is 0.258 e. The highest BCUT2D eigenvalue weighted by Gasteiger charge is 2.33. The molecule has 2 atom stereocenters. The van der Waals surface area contributed by atoms with E-state index in [1.807, 2.05) is 22.9 Å². The van der Waals surface area contributed by atoms with Gasteiger partial charge in [0.1, 0.15) is 0 Å². The molecule has 0 amide bonds. The predicted molar refractivity (Wildman–Crippen MR) is 96.3 cm³/mol. The molecule has 0 saturated carbocycles. The predicted octanol–water partition coefficient (Wildman–Crippen LogP) is 3.05. The van der Waals surface area contributed by atoms with Gasteiger partial charge in [-0.3, -0.25) is 4.79 Å². The number of likely N-dealkylation sites (tertiary alicyclic amines) is 1. The summed E-state index contributed by atoms with van der Waals surface area (Å²) in [4.78, 5) is 18.8. The topological polar surface area (TPSA) is 41.0 Å². The number of likely N-dealkylation sites (N-methyl/N-ethyl adjacent to an activating group) is 1. The van der Waals surface area contributed by atoms with Crippen molar-refractivity contribution in [3.8, 4) is 11.1 Å². The molecule has 0 spiro atoms. The summed E-state index contributed by atoms with van der Waals surface area (Å²) in [5.41, 5.74) is 4.32. The lowest BCUT2D eigenvalue weighted by atomic mass is 9.83. The number of nitrogens with one attached hydrogen (secondary N) is 1. The summed E-state index contributed by atoms with van der Waals surface area (Å²) < 4.78 is 2.04. The van der Waals surface area contributed by atoms with E-state index in [0.717, 1.165) is 41.7 Å². The van der Waals surface area contributed by atoms with Crippen molar-refractivity contribution in [3.63, 3.8) is 0 Å². The van der Waals surface area contributed by atoms with E-state index in [2.05, 4.69) is 41.2 Å². The number of pyridine rings is 1. The molecule has 122 valence electrons. The first kappa shape index (κ1) is 14.1. The van der Waals surface area contributed by atoms with Crippen molar-refractivity contribution >= 4 is 10.9 Å². The van der Waals surface area contributed by atoms with Gasteiger partial charge < -0.3 is 14.5 Å². The van der Waals surface area contributed by atoms with Crippen LogP contribution in [0.25, 0.3) is 22.0 Å². The van der Waals surface area contributed by atoms with Gasteiger partial charge in [-0.2, -0.15) is 0 Å². The fraction of sp³-hybridized carbons (Fsp3) is 0.350. The minimum atomic E-state index is 0.168. The number of aromatic amines is 1. The fourth-order valence-electron chi connectivity index (χ4n) is 4.63. The molecule has 1 N–H and O–H groups in total. The van der Waals surface area contributed by atoms with Crippen LogP contribution < -0.4 is 5.56 Å².